The van der Waals surface area contributed by atoms with Gasteiger partial charge in [0.25, 0.3) is 0 Å². The van der Waals surface area contributed by atoms with Gasteiger partial charge in [0.15, 0.2) is 0 Å². The highest BCUT2D eigenvalue weighted by Gasteiger charge is 2.26. The van der Waals surface area contributed by atoms with E-state index < -0.39 is 0 Å². The summed E-state index contributed by atoms with van der Waals surface area (Å²) in [6.45, 7) is 6.58. The molecule has 0 amide bonds. The zero-order chi connectivity index (χ0) is 17.1. The molecule has 1 saturated heterocycles. The van der Waals surface area contributed by atoms with Crippen molar-refractivity contribution in [1.82, 2.24) is 19.6 Å². The summed E-state index contributed by atoms with van der Waals surface area (Å²) < 4.78 is 2.08. The number of hydrogen-bond donors (Lipinski definition) is 1. The first-order chi connectivity index (χ1) is 12.3. The van der Waals surface area contributed by atoms with Gasteiger partial charge in [-0.1, -0.05) is 36.4 Å². The fourth-order valence-electron chi connectivity index (χ4n) is 3.76. The molecule has 1 fully saturated rings. The lowest BCUT2D eigenvalue weighted by molar-refractivity contribution is 0.296. The SMILES string of the molecule is C[C@H](NCc1cn2ccccc2n1)[C@H]1CCN(Cc2ccccc2)C1. The number of fused-ring (bicyclic) bond motifs is 1. The van der Waals surface area contributed by atoms with Gasteiger partial charge in [-0.05, 0) is 43.5 Å². The Kier molecular flexibility index (Phi) is 4.81. The third-order valence-corrected chi connectivity index (χ3v) is 5.28. The van der Waals surface area contributed by atoms with E-state index in [-0.39, 0.29) is 0 Å². The van der Waals surface area contributed by atoms with E-state index in [2.05, 4.69) is 63.1 Å². The van der Waals surface area contributed by atoms with Crippen LogP contribution in [0.15, 0.2) is 60.9 Å². The number of imidazole rings is 1. The number of nitrogens with zero attached hydrogens (tertiary/aromatic N) is 3. The molecule has 1 aliphatic rings. The lowest BCUT2D eigenvalue weighted by atomic mass is 10.0. The Morgan fingerprint density at radius 3 is 2.84 bits per heavy atom. The summed E-state index contributed by atoms with van der Waals surface area (Å²) in [4.78, 5) is 7.24. The number of hydrogen-bond acceptors (Lipinski definition) is 3. The van der Waals surface area contributed by atoms with Crippen molar-refractivity contribution in [1.29, 1.82) is 0 Å². The number of rotatable bonds is 6. The molecule has 0 radical (unpaired) electrons. The topological polar surface area (TPSA) is 32.6 Å². The number of benzene rings is 1. The molecule has 3 aromatic rings. The highest BCUT2D eigenvalue weighted by Crippen LogP contribution is 2.22. The quantitative estimate of drug-likeness (QED) is 0.750. The summed E-state index contributed by atoms with van der Waals surface area (Å²) in [6, 6.07) is 17.4. The number of pyridine rings is 1. The summed E-state index contributed by atoms with van der Waals surface area (Å²) >= 11 is 0. The Labute approximate surface area is 149 Å². The second kappa shape index (κ2) is 7.38. The Morgan fingerprint density at radius 1 is 1.16 bits per heavy atom. The van der Waals surface area contributed by atoms with Crippen LogP contribution in [0.4, 0.5) is 0 Å². The minimum Gasteiger partial charge on any atom is -0.308 e. The van der Waals surface area contributed by atoms with Gasteiger partial charge in [0.1, 0.15) is 5.65 Å². The molecule has 0 aliphatic carbocycles. The molecule has 3 heterocycles. The normalized spacial score (nSPS) is 19.5. The smallest absolute Gasteiger partial charge is 0.137 e. The van der Waals surface area contributed by atoms with Crippen molar-refractivity contribution in [2.45, 2.75) is 32.5 Å². The molecule has 1 N–H and O–H groups in total. The molecule has 0 saturated carbocycles. The van der Waals surface area contributed by atoms with Crippen LogP contribution in [0.1, 0.15) is 24.6 Å². The molecule has 2 aromatic heterocycles. The first kappa shape index (κ1) is 16.3. The van der Waals surface area contributed by atoms with Gasteiger partial charge in [0, 0.05) is 38.1 Å². The van der Waals surface area contributed by atoms with E-state index in [9.17, 15) is 0 Å². The fourth-order valence-corrected chi connectivity index (χ4v) is 3.76. The van der Waals surface area contributed by atoms with Crippen molar-refractivity contribution in [3.63, 3.8) is 0 Å². The first-order valence-electron chi connectivity index (χ1n) is 9.20. The van der Waals surface area contributed by atoms with Crippen molar-refractivity contribution in [3.8, 4) is 0 Å². The van der Waals surface area contributed by atoms with Gasteiger partial charge in [-0.15, -0.1) is 0 Å². The predicted molar refractivity (Wildman–Crippen MR) is 101 cm³/mol. The first-order valence-corrected chi connectivity index (χ1v) is 9.20. The summed E-state index contributed by atoms with van der Waals surface area (Å²) in [7, 11) is 0. The second-order valence-electron chi connectivity index (χ2n) is 7.14. The fraction of sp³-hybridized carbons (Fsp3) is 0.381. The molecular formula is C21H26N4. The average Bonchev–Trinajstić information content (AvgIpc) is 3.27. The maximum absolute atomic E-state index is 4.67. The van der Waals surface area contributed by atoms with Crippen LogP contribution in [0, 0.1) is 5.92 Å². The summed E-state index contributed by atoms with van der Waals surface area (Å²) in [5.41, 5.74) is 3.53. The average molecular weight is 334 g/mol. The second-order valence-corrected chi connectivity index (χ2v) is 7.14. The van der Waals surface area contributed by atoms with Gasteiger partial charge < -0.3 is 9.72 Å². The van der Waals surface area contributed by atoms with Crippen LogP contribution in [0.5, 0.6) is 0 Å². The number of aromatic nitrogens is 2. The minimum absolute atomic E-state index is 0.505. The highest BCUT2D eigenvalue weighted by atomic mass is 15.2. The minimum atomic E-state index is 0.505. The third-order valence-electron chi connectivity index (χ3n) is 5.28. The van der Waals surface area contributed by atoms with E-state index in [0.717, 1.165) is 24.4 Å². The maximum atomic E-state index is 4.67. The standard InChI is InChI=1S/C21H26N4/c1-17(22-13-20-16-25-11-6-5-9-21(25)23-20)19-10-12-24(15-19)14-18-7-3-2-4-8-18/h2-9,11,16-17,19,22H,10,12-15H2,1H3/t17-,19-/m0/s1. The molecule has 2 atom stereocenters. The summed E-state index contributed by atoms with van der Waals surface area (Å²) in [6.07, 6.45) is 5.44. The molecule has 25 heavy (non-hydrogen) atoms. The van der Waals surface area contributed by atoms with E-state index in [1.807, 2.05) is 24.4 Å². The largest absolute Gasteiger partial charge is 0.308 e. The zero-order valence-electron chi connectivity index (χ0n) is 14.8. The summed E-state index contributed by atoms with van der Waals surface area (Å²) in [5, 5.41) is 3.68. The van der Waals surface area contributed by atoms with E-state index in [4.69, 9.17) is 0 Å². The lowest BCUT2D eigenvalue weighted by Gasteiger charge is -2.21. The van der Waals surface area contributed by atoms with Crippen LogP contribution < -0.4 is 5.32 Å². The van der Waals surface area contributed by atoms with E-state index in [0.29, 0.717) is 12.0 Å². The maximum Gasteiger partial charge on any atom is 0.137 e. The third kappa shape index (κ3) is 3.91. The molecule has 0 bridgehead atoms. The highest BCUT2D eigenvalue weighted by molar-refractivity contribution is 5.39. The molecule has 4 rings (SSSR count). The molecule has 1 aliphatic heterocycles. The van der Waals surface area contributed by atoms with Gasteiger partial charge in [-0.25, -0.2) is 4.98 Å². The van der Waals surface area contributed by atoms with Crippen molar-refractivity contribution >= 4 is 5.65 Å². The Morgan fingerprint density at radius 2 is 2.00 bits per heavy atom. The van der Waals surface area contributed by atoms with E-state index in [1.54, 1.807) is 0 Å². The molecule has 0 unspecified atom stereocenters. The molecular weight excluding hydrogens is 308 g/mol. The number of likely N-dealkylation sites (tertiary alicyclic amines) is 1. The number of nitrogens with one attached hydrogen (secondary N) is 1. The predicted octanol–water partition coefficient (Wildman–Crippen LogP) is 3.33. The van der Waals surface area contributed by atoms with Crippen LogP contribution >= 0.6 is 0 Å². The molecule has 0 spiro atoms. The Balaban J connectivity index is 1.29. The van der Waals surface area contributed by atoms with Crippen molar-refractivity contribution < 1.29 is 0 Å². The molecule has 1 aromatic carbocycles. The van der Waals surface area contributed by atoms with Crippen molar-refractivity contribution in [2.75, 3.05) is 13.1 Å². The van der Waals surface area contributed by atoms with Crippen molar-refractivity contribution in [2.24, 2.45) is 5.92 Å². The molecule has 4 heteroatoms. The molecule has 4 nitrogen and oxygen atoms in total. The van der Waals surface area contributed by atoms with Crippen LogP contribution in [0.25, 0.3) is 5.65 Å². The van der Waals surface area contributed by atoms with Gasteiger partial charge in [-0.2, -0.15) is 0 Å². The van der Waals surface area contributed by atoms with E-state index >= 15 is 0 Å². The Hall–Kier alpha value is -2.17. The van der Waals surface area contributed by atoms with Gasteiger partial charge in [-0.3, -0.25) is 4.90 Å². The lowest BCUT2D eigenvalue weighted by Crippen LogP contribution is -2.35. The van der Waals surface area contributed by atoms with Crippen LogP contribution in [0.2, 0.25) is 0 Å². The van der Waals surface area contributed by atoms with Gasteiger partial charge in [0.05, 0.1) is 5.69 Å². The van der Waals surface area contributed by atoms with Crippen molar-refractivity contribution in [3.05, 3.63) is 72.2 Å². The van der Waals surface area contributed by atoms with Crippen LogP contribution in [-0.2, 0) is 13.1 Å². The zero-order valence-corrected chi connectivity index (χ0v) is 14.8. The van der Waals surface area contributed by atoms with Gasteiger partial charge in [0.2, 0.25) is 0 Å². The van der Waals surface area contributed by atoms with Gasteiger partial charge >= 0.3 is 0 Å². The van der Waals surface area contributed by atoms with Crippen LogP contribution in [-0.4, -0.2) is 33.4 Å². The Bertz CT molecular complexity index is 778. The molecule has 130 valence electrons. The van der Waals surface area contributed by atoms with Crippen LogP contribution in [0.3, 0.4) is 0 Å². The summed E-state index contributed by atoms with van der Waals surface area (Å²) in [5.74, 6) is 0.709. The monoisotopic (exact) mass is 334 g/mol. The van der Waals surface area contributed by atoms with E-state index in [1.165, 1.54) is 25.1 Å².